The van der Waals surface area contributed by atoms with Gasteiger partial charge in [0.2, 0.25) is 0 Å². The van der Waals surface area contributed by atoms with E-state index in [1.165, 1.54) is 17.3 Å². The molecule has 1 aliphatic rings. The first-order chi connectivity index (χ1) is 14.5. The van der Waals surface area contributed by atoms with Gasteiger partial charge in [0.15, 0.2) is 5.17 Å². The van der Waals surface area contributed by atoms with E-state index in [1.807, 2.05) is 67.6 Å². The molecule has 0 N–H and O–H groups in total. The number of ether oxygens (including phenoxy) is 1. The smallest absolute Gasteiger partial charge is 0.266 e. The number of aliphatic imine (C=N–C) groups is 1. The number of nitrogens with zero attached hydrogens (tertiary/aromatic N) is 2. The van der Waals surface area contributed by atoms with E-state index in [4.69, 9.17) is 4.74 Å². The lowest BCUT2D eigenvalue weighted by atomic mass is 10.0. The van der Waals surface area contributed by atoms with Crippen LogP contribution in [-0.2, 0) is 4.79 Å². The Morgan fingerprint density at radius 1 is 0.967 bits per heavy atom. The molecule has 0 aliphatic carbocycles. The summed E-state index contributed by atoms with van der Waals surface area (Å²) in [6.07, 6.45) is 1.91. The van der Waals surface area contributed by atoms with Crippen LogP contribution in [0.4, 0.5) is 5.69 Å². The first-order valence-electron chi connectivity index (χ1n) is 9.61. The molecule has 3 aromatic rings. The summed E-state index contributed by atoms with van der Waals surface area (Å²) in [4.78, 5) is 19.6. The van der Waals surface area contributed by atoms with Gasteiger partial charge in [-0.05, 0) is 65.7 Å². The molecule has 1 amide bonds. The highest BCUT2D eigenvalue weighted by molar-refractivity contribution is 8.18. The van der Waals surface area contributed by atoms with Gasteiger partial charge in [0.05, 0.1) is 17.7 Å². The number of hydrogen-bond donors (Lipinski definition) is 0. The van der Waals surface area contributed by atoms with Gasteiger partial charge in [0, 0.05) is 7.05 Å². The molecule has 0 atom stereocenters. The summed E-state index contributed by atoms with van der Waals surface area (Å²) in [6.45, 7) is 2.04. The van der Waals surface area contributed by atoms with Crippen molar-refractivity contribution in [2.75, 3.05) is 14.2 Å². The van der Waals surface area contributed by atoms with E-state index in [0.717, 1.165) is 28.1 Å². The van der Waals surface area contributed by atoms with Gasteiger partial charge in [0.1, 0.15) is 5.75 Å². The predicted molar refractivity (Wildman–Crippen MR) is 125 cm³/mol. The minimum Gasteiger partial charge on any atom is -0.497 e. The van der Waals surface area contributed by atoms with Crippen LogP contribution in [0, 0.1) is 6.92 Å². The Morgan fingerprint density at radius 3 is 2.40 bits per heavy atom. The fourth-order valence-electron chi connectivity index (χ4n) is 3.11. The van der Waals surface area contributed by atoms with E-state index in [-0.39, 0.29) is 5.91 Å². The van der Waals surface area contributed by atoms with Crippen molar-refractivity contribution in [1.29, 1.82) is 0 Å². The van der Waals surface area contributed by atoms with Gasteiger partial charge in [-0.1, -0.05) is 54.1 Å². The summed E-state index contributed by atoms with van der Waals surface area (Å²) < 4.78 is 5.30. The van der Waals surface area contributed by atoms with E-state index >= 15 is 0 Å². The second-order valence-electron chi connectivity index (χ2n) is 7.06. The van der Waals surface area contributed by atoms with Crippen LogP contribution in [0.1, 0.15) is 11.1 Å². The van der Waals surface area contributed by atoms with Gasteiger partial charge >= 0.3 is 0 Å². The van der Waals surface area contributed by atoms with Gasteiger partial charge < -0.3 is 4.74 Å². The Hall–Kier alpha value is -3.31. The lowest BCUT2D eigenvalue weighted by Crippen LogP contribution is -2.23. The summed E-state index contributed by atoms with van der Waals surface area (Å²) in [5, 5.41) is 0.683. The minimum absolute atomic E-state index is 0.0391. The van der Waals surface area contributed by atoms with Crippen LogP contribution in [-0.4, -0.2) is 30.1 Å². The number of rotatable bonds is 4. The molecule has 1 fully saturated rings. The third kappa shape index (κ3) is 4.31. The van der Waals surface area contributed by atoms with Gasteiger partial charge in [-0.25, -0.2) is 4.99 Å². The quantitative estimate of drug-likeness (QED) is 0.499. The van der Waals surface area contributed by atoms with Crippen molar-refractivity contribution >= 4 is 34.6 Å². The maximum Gasteiger partial charge on any atom is 0.266 e. The maximum atomic E-state index is 12.7. The highest BCUT2D eigenvalue weighted by Crippen LogP contribution is 2.33. The van der Waals surface area contributed by atoms with Gasteiger partial charge in [-0.2, -0.15) is 0 Å². The first kappa shape index (κ1) is 20.0. The molecule has 0 aromatic heterocycles. The average Bonchev–Trinajstić information content (AvgIpc) is 3.03. The lowest BCUT2D eigenvalue weighted by Gasteiger charge is -2.07. The summed E-state index contributed by atoms with van der Waals surface area (Å²) in [7, 11) is 3.42. The maximum absolute atomic E-state index is 12.7. The Bertz CT molecular complexity index is 1130. The van der Waals surface area contributed by atoms with Crippen molar-refractivity contribution in [3.05, 3.63) is 88.8 Å². The van der Waals surface area contributed by atoms with Crippen molar-refractivity contribution in [3.63, 3.8) is 0 Å². The van der Waals surface area contributed by atoms with Gasteiger partial charge in [-0.3, -0.25) is 9.69 Å². The Balaban J connectivity index is 1.55. The molecule has 0 radical (unpaired) electrons. The van der Waals surface area contributed by atoms with Crippen molar-refractivity contribution in [1.82, 2.24) is 4.90 Å². The molecular weight excluding hydrogens is 392 g/mol. The van der Waals surface area contributed by atoms with Crippen molar-refractivity contribution in [2.45, 2.75) is 6.92 Å². The molecule has 0 spiro atoms. The standard InChI is InChI=1S/C25H22N2O2S/c1-17-7-13-21(14-8-17)26-25-27(2)24(28)23(30-25)15-18-9-11-19(12-10-18)20-5-4-6-22(16-20)29-3/h4-16H,1-3H3. The molecule has 30 heavy (non-hydrogen) atoms. The predicted octanol–water partition coefficient (Wildman–Crippen LogP) is 5.90. The third-order valence-electron chi connectivity index (χ3n) is 4.87. The Kier molecular flexibility index (Phi) is 5.72. The van der Waals surface area contributed by atoms with E-state index in [9.17, 15) is 4.79 Å². The van der Waals surface area contributed by atoms with Crippen molar-refractivity contribution in [3.8, 4) is 16.9 Å². The SMILES string of the molecule is COc1cccc(-c2ccc(C=C3SC(=Nc4ccc(C)cc4)N(C)C3=O)cc2)c1. The normalized spacial score (nSPS) is 16.5. The zero-order valence-electron chi connectivity index (χ0n) is 17.1. The zero-order valence-corrected chi connectivity index (χ0v) is 17.9. The summed E-state index contributed by atoms with van der Waals surface area (Å²) in [6, 6.07) is 24.0. The number of thioether (sulfide) groups is 1. The van der Waals surface area contributed by atoms with Crippen LogP contribution >= 0.6 is 11.8 Å². The molecule has 1 heterocycles. The Labute approximate surface area is 180 Å². The molecule has 1 aliphatic heterocycles. The minimum atomic E-state index is -0.0391. The summed E-state index contributed by atoms with van der Waals surface area (Å²) in [5.74, 6) is 0.790. The molecule has 150 valence electrons. The van der Waals surface area contributed by atoms with Crippen molar-refractivity contribution < 1.29 is 9.53 Å². The van der Waals surface area contributed by atoms with Crippen LogP contribution < -0.4 is 4.74 Å². The van der Waals surface area contributed by atoms with Crippen LogP contribution in [0.15, 0.2) is 82.7 Å². The Morgan fingerprint density at radius 2 is 1.70 bits per heavy atom. The average molecular weight is 415 g/mol. The van der Waals surface area contributed by atoms with E-state index in [1.54, 1.807) is 19.1 Å². The van der Waals surface area contributed by atoms with E-state index in [0.29, 0.717) is 10.1 Å². The number of carbonyl (C=O) groups is 1. The molecule has 0 unspecified atom stereocenters. The number of amides is 1. The molecule has 4 nitrogen and oxygen atoms in total. The molecule has 1 saturated heterocycles. The number of benzene rings is 3. The fraction of sp³-hybridized carbons (Fsp3) is 0.120. The molecule has 5 heteroatoms. The molecule has 4 rings (SSSR count). The first-order valence-corrected chi connectivity index (χ1v) is 10.4. The van der Waals surface area contributed by atoms with Crippen LogP contribution in [0.5, 0.6) is 5.75 Å². The molecule has 3 aromatic carbocycles. The van der Waals surface area contributed by atoms with E-state index < -0.39 is 0 Å². The van der Waals surface area contributed by atoms with Gasteiger partial charge in [-0.15, -0.1) is 0 Å². The molecule has 0 bridgehead atoms. The number of carbonyl (C=O) groups excluding carboxylic acids is 1. The number of methoxy groups -OCH3 is 1. The highest BCUT2D eigenvalue weighted by atomic mass is 32.2. The largest absolute Gasteiger partial charge is 0.497 e. The van der Waals surface area contributed by atoms with Crippen LogP contribution in [0.3, 0.4) is 0 Å². The number of aryl methyl sites for hydroxylation is 1. The van der Waals surface area contributed by atoms with Crippen LogP contribution in [0.25, 0.3) is 17.2 Å². The number of likely N-dealkylation sites (N-methyl/N-ethyl adjacent to an activating group) is 1. The number of hydrogen-bond acceptors (Lipinski definition) is 4. The highest BCUT2D eigenvalue weighted by Gasteiger charge is 2.30. The summed E-state index contributed by atoms with van der Waals surface area (Å²) >= 11 is 1.40. The lowest BCUT2D eigenvalue weighted by molar-refractivity contribution is -0.121. The fourth-order valence-corrected chi connectivity index (χ4v) is 4.09. The summed E-state index contributed by atoms with van der Waals surface area (Å²) in [5.41, 5.74) is 5.18. The zero-order chi connectivity index (χ0) is 21.1. The van der Waals surface area contributed by atoms with E-state index in [2.05, 4.69) is 23.2 Å². The monoisotopic (exact) mass is 414 g/mol. The van der Waals surface area contributed by atoms with Gasteiger partial charge in [0.25, 0.3) is 5.91 Å². The second-order valence-corrected chi connectivity index (χ2v) is 8.07. The van der Waals surface area contributed by atoms with Crippen molar-refractivity contribution in [2.24, 2.45) is 4.99 Å². The second kappa shape index (κ2) is 8.59. The molecular formula is C25H22N2O2S. The van der Waals surface area contributed by atoms with Crippen LogP contribution in [0.2, 0.25) is 0 Å². The number of amidine groups is 1. The topological polar surface area (TPSA) is 41.9 Å². The molecule has 0 saturated carbocycles. The third-order valence-corrected chi connectivity index (χ3v) is 5.93.